The second-order valence-corrected chi connectivity index (χ2v) is 6.91. The van der Waals surface area contributed by atoms with E-state index in [4.69, 9.17) is 4.74 Å². The van der Waals surface area contributed by atoms with Crippen LogP contribution < -0.4 is 4.74 Å². The molecule has 0 radical (unpaired) electrons. The number of nitrogens with one attached hydrogen (secondary N) is 1. The van der Waals surface area contributed by atoms with E-state index in [2.05, 4.69) is 9.97 Å². The molecule has 1 amide bonds. The quantitative estimate of drug-likeness (QED) is 0.800. The average molecular weight is 333 g/mol. The summed E-state index contributed by atoms with van der Waals surface area (Å²) in [5.41, 5.74) is 1.80. The van der Waals surface area contributed by atoms with Crippen LogP contribution in [0.3, 0.4) is 0 Å². The summed E-state index contributed by atoms with van der Waals surface area (Å²) in [6.45, 7) is 0.777. The van der Waals surface area contributed by atoms with Gasteiger partial charge < -0.3 is 14.6 Å². The number of H-pyrrole nitrogens is 1. The predicted molar refractivity (Wildman–Crippen MR) is 94.5 cm³/mol. The fourth-order valence-electron chi connectivity index (χ4n) is 4.28. The number of fused-ring (bicyclic) bond motifs is 3. The minimum Gasteiger partial charge on any atom is -0.486 e. The maximum Gasteiger partial charge on any atom is 0.254 e. The Balaban J connectivity index is 1.38. The van der Waals surface area contributed by atoms with Gasteiger partial charge in [-0.25, -0.2) is 0 Å². The van der Waals surface area contributed by atoms with Gasteiger partial charge in [-0.15, -0.1) is 0 Å². The molecule has 1 aromatic carbocycles. The zero-order valence-electron chi connectivity index (χ0n) is 13.8. The van der Waals surface area contributed by atoms with E-state index in [9.17, 15) is 4.79 Å². The van der Waals surface area contributed by atoms with Crippen LogP contribution in [0.4, 0.5) is 0 Å². The molecule has 126 valence electrons. The highest BCUT2D eigenvalue weighted by Crippen LogP contribution is 2.41. The number of hydrogen-bond acceptors (Lipinski definition) is 3. The molecule has 3 atom stereocenters. The van der Waals surface area contributed by atoms with E-state index in [0.29, 0.717) is 5.92 Å². The Bertz CT molecular complexity index is 921. The van der Waals surface area contributed by atoms with Gasteiger partial charge in [-0.05, 0) is 49.2 Å². The molecule has 2 bridgehead atoms. The number of pyridine rings is 1. The van der Waals surface area contributed by atoms with Crippen LogP contribution >= 0.6 is 0 Å². The number of rotatable bonds is 3. The Labute approximate surface area is 145 Å². The van der Waals surface area contributed by atoms with E-state index in [1.807, 2.05) is 47.5 Å². The zero-order chi connectivity index (χ0) is 16.8. The lowest BCUT2D eigenvalue weighted by atomic mass is 10.1. The first-order valence-electron chi connectivity index (χ1n) is 8.74. The van der Waals surface area contributed by atoms with Crippen molar-refractivity contribution in [3.63, 3.8) is 0 Å². The SMILES string of the molecule is O=C(c1ccc2[nH]ccc2c1)N1CC2CCC1C2Oc1cccnc1. The van der Waals surface area contributed by atoms with Crippen molar-refractivity contribution in [2.24, 2.45) is 5.92 Å². The van der Waals surface area contributed by atoms with Gasteiger partial charge in [0.1, 0.15) is 11.9 Å². The van der Waals surface area contributed by atoms with E-state index in [-0.39, 0.29) is 18.1 Å². The van der Waals surface area contributed by atoms with E-state index in [0.717, 1.165) is 41.6 Å². The van der Waals surface area contributed by atoms with Gasteiger partial charge in [-0.3, -0.25) is 9.78 Å². The second-order valence-electron chi connectivity index (χ2n) is 6.91. The number of piperidine rings is 1. The number of aromatic amines is 1. The molecule has 0 spiro atoms. The molecule has 1 saturated heterocycles. The predicted octanol–water partition coefficient (Wildman–Crippen LogP) is 3.24. The summed E-state index contributed by atoms with van der Waals surface area (Å²) < 4.78 is 6.18. The number of likely N-dealkylation sites (tertiary alicyclic amines) is 1. The molecule has 3 aromatic rings. The maximum atomic E-state index is 13.0. The molecule has 2 aromatic heterocycles. The largest absolute Gasteiger partial charge is 0.486 e. The summed E-state index contributed by atoms with van der Waals surface area (Å²) in [4.78, 5) is 22.3. The second kappa shape index (κ2) is 5.62. The topological polar surface area (TPSA) is 58.2 Å². The number of carbonyl (C=O) groups excluding carboxylic acids is 1. The molecule has 5 heteroatoms. The Morgan fingerprint density at radius 1 is 1.24 bits per heavy atom. The van der Waals surface area contributed by atoms with Crippen molar-refractivity contribution < 1.29 is 9.53 Å². The van der Waals surface area contributed by atoms with Crippen LogP contribution in [0, 0.1) is 5.92 Å². The highest BCUT2D eigenvalue weighted by Gasteiger charge is 2.50. The normalized spacial score (nSPS) is 24.8. The number of benzene rings is 1. The number of amides is 1. The van der Waals surface area contributed by atoms with Crippen molar-refractivity contribution in [3.8, 4) is 5.75 Å². The van der Waals surface area contributed by atoms with Crippen molar-refractivity contribution in [2.45, 2.75) is 25.0 Å². The number of aromatic nitrogens is 2. The van der Waals surface area contributed by atoms with Gasteiger partial charge in [0.2, 0.25) is 0 Å². The first-order chi connectivity index (χ1) is 12.3. The van der Waals surface area contributed by atoms with Crippen LogP contribution in [0.2, 0.25) is 0 Å². The summed E-state index contributed by atoms with van der Waals surface area (Å²) in [7, 11) is 0. The van der Waals surface area contributed by atoms with Crippen LogP contribution in [0.1, 0.15) is 23.2 Å². The van der Waals surface area contributed by atoms with E-state index >= 15 is 0 Å². The van der Waals surface area contributed by atoms with Crippen LogP contribution in [0.25, 0.3) is 10.9 Å². The summed E-state index contributed by atoms with van der Waals surface area (Å²) in [5, 5.41) is 1.07. The standard InChI is InChI=1S/C20H19N3O2/c24-20(14-3-5-17-13(10-14)7-9-22-17)23-12-15-4-6-18(23)19(15)25-16-2-1-8-21-11-16/h1-3,5,7-11,15,18-19,22H,4,6,12H2. The van der Waals surface area contributed by atoms with E-state index < -0.39 is 0 Å². The lowest BCUT2D eigenvalue weighted by Gasteiger charge is -2.27. The smallest absolute Gasteiger partial charge is 0.254 e. The molecule has 1 aliphatic heterocycles. The van der Waals surface area contributed by atoms with Gasteiger partial charge in [-0.2, -0.15) is 0 Å². The van der Waals surface area contributed by atoms with Crippen molar-refractivity contribution in [1.29, 1.82) is 0 Å². The van der Waals surface area contributed by atoms with Crippen LogP contribution in [0.15, 0.2) is 55.0 Å². The van der Waals surface area contributed by atoms with Gasteiger partial charge in [0, 0.05) is 41.3 Å². The van der Waals surface area contributed by atoms with Crippen LogP contribution in [0.5, 0.6) is 5.75 Å². The molecule has 5 nitrogen and oxygen atoms in total. The zero-order valence-corrected chi connectivity index (χ0v) is 13.8. The van der Waals surface area contributed by atoms with Gasteiger partial charge in [0.25, 0.3) is 5.91 Å². The number of hydrogen-bond donors (Lipinski definition) is 1. The highest BCUT2D eigenvalue weighted by molar-refractivity contribution is 5.98. The van der Waals surface area contributed by atoms with Crippen molar-refractivity contribution >= 4 is 16.8 Å². The maximum absolute atomic E-state index is 13.0. The van der Waals surface area contributed by atoms with Gasteiger partial charge in [0.15, 0.2) is 0 Å². The molecule has 5 rings (SSSR count). The van der Waals surface area contributed by atoms with E-state index in [1.54, 1.807) is 12.4 Å². The average Bonchev–Trinajstić information content (AvgIpc) is 3.36. The molecule has 1 aliphatic carbocycles. The summed E-state index contributed by atoms with van der Waals surface area (Å²) in [5.74, 6) is 1.30. The van der Waals surface area contributed by atoms with Crippen molar-refractivity contribution in [3.05, 3.63) is 60.6 Å². The van der Waals surface area contributed by atoms with E-state index in [1.165, 1.54) is 0 Å². The third-order valence-corrected chi connectivity index (χ3v) is 5.48. The Morgan fingerprint density at radius 3 is 3.08 bits per heavy atom. The summed E-state index contributed by atoms with van der Waals surface area (Å²) in [6, 6.07) is 11.8. The molecule has 2 aliphatic rings. The Kier molecular flexibility index (Phi) is 3.26. The third kappa shape index (κ3) is 2.38. The monoisotopic (exact) mass is 333 g/mol. The lowest BCUT2D eigenvalue weighted by molar-refractivity contribution is 0.0667. The fraction of sp³-hybridized carbons (Fsp3) is 0.300. The number of carbonyl (C=O) groups is 1. The van der Waals surface area contributed by atoms with Gasteiger partial charge in [0.05, 0.1) is 12.2 Å². The molecule has 3 unspecified atom stereocenters. The Morgan fingerprint density at radius 2 is 2.20 bits per heavy atom. The minimum absolute atomic E-state index is 0.0733. The third-order valence-electron chi connectivity index (χ3n) is 5.48. The van der Waals surface area contributed by atoms with Crippen molar-refractivity contribution in [2.75, 3.05) is 6.54 Å². The minimum atomic E-state index is 0.0733. The fourth-order valence-corrected chi connectivity index (χ4v) is 4.28. The first-order valence-corrected chi connectivity index (χ1v) is 8.74. The van der Waals surface area contributed by atoms with Crippen LogP contribution in [-0.2, 0) is 0 Å². The Hall–Kier alpha value is -2.82. The molecular weight excluding hydrogens is 314 g/mol. The molecule has 1 N–H and O–H groups in total. The molecule has 3 heterocycles. The highest BCUT2D eigenvalue weighted by atomic mass is 16.5. The number of nitrogens with zero attached hydrogens (tertiary/aromatic N) is 2. The van der Waals surface area contributed by atoms with Crippen LogP contribution in [-0.4, -0.2) is 39.5 Å². The number of ether oxygens (including phenoxy) is 1. The molecule has 25 heavy (non-hydrogen) atoms. The molecule has 2 fully saturated rings. The molecule has 1 saturated carbocycles. The summed E-state index contributed by atoms with van der Waals surface area (Å²) >= 11 is 0. The van der Waals surface area contributed by atoms with Gasteiger partial charge in [-0.1, -0.05) is 0 Å². The summed E-state index contributed by atoms with van der Waals surface area (Å²) in [6.07, 6.45) is 7.58. The first kappa shape index (κ1) is 14.5. The van der Waals surface area contributed by atoms with Crippen molar-refractivity contribution in [1.82, 2.24) is 14.9 Å². The molecular formula is C20H19N3O2. The lowest BCUT2D eigenvalue weighted by Crippen LogP contribution is -2.40. The van der Waals surface area contributed by atoms with Gasteiger partial charge >= 0.3 is 0 Å².